The van der Waals surface area contributed by atoms with Crippen LogP contribution in [-0.2, 0) is 4.79 Å². The summed E-state index contributed by atoms with van der Waals surface area (Å²) in [6, 6.07) is 9.44. The lowest BCUT2D eigenvalue weighted by molar-refractivity contribution is -0.115. The first-order valence-corrected chi connectivity index (χ1v) is 5.60. The van der Waals surface area contributed by atoms with E-state index in [1.807, 2.05) is 30.3 Å². The second-order valence-corrected chi connectivity index (χ2v) is 3.79. The van der Waals surface area contributed by atoms with Crippen molar-refractivity contribution in [1.82, 2.24) is 4.98 Å². The number of carbonyl (C=O) groups excluding carboxylic acids is 1. The van der Waals surface area contributed by atoms with Crippen molar-refractivity contribution in [2.24, 2.45) is 0 Å². The van der Waals surface area contributed by atoms with E-state index in [0.29, 0.717) is 12.2 Å². The van der Waals surface area contributed by atoms with Gasteiger partial charge in [0.1, 0.15) is 0 Å². The highest BCUT2D eigenvalue weighted by Gasteiger charge is 2.04. The number of fused-ring (bicyclic) bond motifs is 1. The van der Waals surface area contributed by atoms with E-state index in [1.165, 1.54) is 0 Å². The van der Waals surface area contributed by atoms with Gasteiger partial charge in [0.25, 0.3) is 0 Å². The smallest absolute Gasteiger partial charge is 0.225 e. The summed E-state index contributed by atoms with van der Waals surface area (Å²) in [6.07, 6.45) is 2.10. The van der Waals surface area contributed by atoms with E-state index in [-0.39, 0.29) is 5.91 Å². The van der Waals surface area contributed by atoms with Crippen LogP contribution >= 0.6 is 12.6 Å². The SMILES string of the molecule is O=C(CC[S])Nc1cccc2ncccc12. The molecule has 0 aliphatic carbocycles. The van der Waals surface area contributed by atoms with Crippen LogP contribution < -0.4 is 5.32 Å². The number of carbonyl (C=O) groups is 1. The highest BCUT2D eigenvalue weighted by molar-refractivity contribution is 7.80. The van der Waals surface area contributed by atoms with E-state index >= 15 is 0 Å². The van der Waals surface area contributed by atoms with Crippen LogP contribution in [0.5, 0.6) is 0 Å². The molecule has 16 heavy (non-hydrogen) atoms. The molecular formula is C12H11N2OS. The van der Waals surface area contributed by atoms with Gasteiger partial charge in [0.15, 0.2) is 0 Å². The Hall–Kier alpha value is -1.55. The average Bonchev–Trinajstić information content (AvgIpc) is 2.30. The molecule has 1 N–H and O–H groups in total. The number of aromatic nitrogens is 1. The Balaban J connectivity index is 2.33. The zero-order valence-corrected chi connectivity index (χ0v) is 9.46. The van der Waals surface area contributed by atoms with Gasteiger partial charge in [-0.25, -0.2) is 0 Å². The van der Waals surface area contributed by atoms with Gasteiger partial charge in [0, 0.05) is 23.8 Å². The van der Waals surface area contributed by atoms with Crippen molar-refractivity contribution in [2.45, 2.75) is 6.42 Å². The Morgan fingerprint density at radius 1 is 1.31 bits per heavy atom. The number of rotatable bonds is 3. The molecule has 1 heterocycles. The van der Waals surface area contributed by atoms with Crippen molar-refractivity contribution in [3.05, 3.63) is 36.5 Å². The monoisotopic (exact) mass is 231 g/mol. The molecule has 2 aromatic rings. The van der Waals surface area contributed by atoms with Crippen LogP contribution in [0.1, 0.15) is 6.42 Å². The molecule has 0 unspecified atom stereocenters. The molecule has 0 aliphatic heterocycles. The topological polar surface area (TPSA) is 42.0 Å². The van der Waals surface area contributed by atoms with Crippen molar-refractivity contribution < 1.29 is 4.79 Å². The minimum atomic E-state index is -0.0497. The van der Waals surface area contributed by atoms with Gasteiger partial charge in [0.05, 0.1) is 11.2 Å². The van der Waals surface area contributed by atoms with E-state index in [1.54, 1.807) is 6.20 Å². The third-order valence-electron chi connectivity index (χ3n) is 2.25. The van der Waals surface area contributed by atoms with E-state index in [9.17, 15) is 4.79 Å². The van der Waals surface area contributed by atoms with Gasteiger partial charge in [-0.05, 0) is 24.3 Å². The van der Waals surface area contributed by atoms with Gasteiger partial charge >= 0.3 is 0 Å². The molecule has 1 aromatic carbocycles. The number of benzene rings is 1. The number of hydrogen-bond donors (Lipinski definition) is 1. The predicted molar refractivity (Wildman–Crippen MR) is 67.4 cm³/mol. The minimum Gasteiger partial charge on any atom is -0.325 e. The van der Waals surface area contributed by atoms with Crippen molar-refractivity contribution in [3.8, 4) is 0 Å². The fraction of sp³-hybridized carbons (Fsp3) is 0.167. The molecule has 0 saturated carbocycles. The number of nitrogens with one attached hydrogen (secondary N) is 1. The highest BCUT2D eigenvalue weighted by atomic mass is 32.1. The van der Waals surface area contributed by atoms with Crippen molar-refractivity contribution in [2.75, 3.05) is 11.1 Å². The quantitative estimate of drug-likeness (QED) is 0.882. The van der Waals surface area contributed by atoms with Crippen molar-refractivity contribution >= 4 is 35.1 Å². The molecule has 1 radical (unpaired) electrons. The molecule has 1 aromatic heterocycles. The second kappa shape index (κ2) is 4.99. The number of pyridine rings is 1. The van der Waals surface area contributed by atoms with Gasteiger partial charge in [-0.1, -0.05) is 18.7 Å². The predicted octanol–water partition coefficient (Wildman–Crippen LogP) is 2.76. The third-order valence-corrected chi connectivity index (χ3v) is 2.45. The number of anilines is 1. The molecule has 0 fully saturated rings. The molecular weight excluding hydrogens is 220 g/mol. The van der Waals surface area contributed by atoms with Crippen LogP contribution in [0, 0.1) is 0 Å². The summed E-state index contributed by atoms with van der Waals surface area (Å²) < 4.78 is 0. The summed E-state index contributed by atoms with van der Waals surface area (Å²) in [5.74, 6) is 0.390. The maximum Gasteiger partial charge on any atom is 0.225 e. The first-order valence-electron chi connectivity index (χ1n) is 5.03. The Bertz CT molecular complexity index is 508. The van der Waals surface area contributed by atoms with Crippen LogP contribution in [0.15, 0.2) is 36.5 Å². The summed E-state index contributed by atoms with van der Waals surface area (Å²) in [6.45, 7) is 0. The van der Waals surface area contributed by atoms with Crippen LogP contribution in [0.25, 0.3) is 10.9 Å². The lowest BCUT2D eigenvalue weighted by atomic mass is 10.2. The molecule has 0 bridgehead atoms. The maximum atomic E-state index is 11.5. The zero-order chi connectivity index (χ0) is 11.4. The number of hydrogen-bond acceptors (Lipinski definition) is 2. The Labute approximate surface area is 99.3 Å². The standard InChI is InChI=1S/C12H11N2OS/c15-12(6-8-16)14-11-5-1-4-10-9(11)3-2-7-13-10/h1-5,7H,6,8H2,(H,14,15). The van der Waals surface area contributed by atoms with Crippen LogP contribution in [-0.4, -0.2) is 16.6 Å². The van der Waals surface area contributed by atoms with Crippen LogP contribution in [0.4, 0.5) is 5.69 Å². The zero-order valence-electron chi connectivity index (χ0n) is 8.64. The fourth-order valence-corrected chi connectivity index (χ4v) is 1.70. The van der Waals surface area contributed by atoms with E-state index in [4.69, 9.17) is 12.6 Å². The van der Waals surface area contributed by atoms with Gasteiger partial charge in [-0.15, -0.1) is 0 Å². The molecule has 2 rings (SSSR count). The Morgan fingerprint density at radius 3 is 3.00 bits per heavy atom. The molecule has 0 spiro atoms. The largest absolute Gasteiger partial charge is 0.325 e. The summed E-state index contributed by atoms with van der Waals surface area (Å²) in [5, 5.41) is 3.79. The van der Waals surface area contributed by atoms with E-state index < -0.39 is 0 Å². The Morgan fingerprint density at radius 2 is 2.19 bits per heavy atom. The highest BCUT2D eigenvalue weighted by Crippen LogP contribution is 2.21. The summed E-state index contributed by atoms with van der Waals surface area (Å²) in [5.41, 5.74) is 1.66. The summed E-state index contributed by atoms with van der Waals surface area (Å²) >= 11 is 4.77. The van der Waals surface area contributed by atoms with E-state index in [0.717, 1.165) is 16.6 Å². The lowest BCUT2D eigenvalue weighted by Gasteiger charge is -2.07. The Kier molecular flexibility index (Phi) is 3.41. The first-order chi connectivity index (χ1) is 7.81. The minimum absolute atomic E-state index is 0.0497. The molecule has 0 atom stereocenters. The third kappa shape index (κ3) is 2.33. The fourth-order valence-electron chi connectivity index (χ4n) is 1.52. The van der Waals surface area contributed by atoms with Gasteiger partial charge in [0.2, 0.25) is 5.91 Å². The number of nitrogens with zero attached hydrogens (tertiary/aromatic N) is 1. The molecule has 3 nitrogen and oxygen atoms in total. The molecule has 81 valence electrons. The summed E-state index contributed by atoms with van der Waals surface area (Å²) in [7, 11) is 0. The maximum absolute atomic E-state index is 11.5. The lowest BCUT2D eigenvalue weighted by Crippen LogP contribution is -2.11. The normalized spacial score (nSPS) is 10.3. The van der Waals surface area contributed by atoms with Gasteiger partial charge < -0.3 is 5.32 Å². The molecule has 0 aliphatic rings. The van der Waals surface area contributed by atoms with Crippen LogP contribution in [0.3, 0.4) is 0 Å². The second-order valence-electron chi connectivity index (χ2n) is 3.38. The molecule has 4 heteroatoms. The van der Waals surface area contributed by atoms with Gasteiger partial charge in [-0.2, -0.15) is 0 Å². The molecule has 0 saturated heterocycles. The number of amides is 1. The average molecular weight is 231 g/mol. The van der Waals surface area contributed by atoms with Crippen molar-refractivity contribution in [1.29, 1.82) is 0 Å². The van der Waals surface area contributed by atoms with Crippen LogP contribution in [0.2, 0.25) is 0 Å². The van der Waals surface area contributed by atoms with Crippen molar-refractivity contribution in [3.63, 3.8) is 0 Å². The van der Waals surface area contributed by atoms with Gasteiger partial charge in [-0.3, -0.25) is 9.78 Å². The van der Waals surface area contributed by atoms with E-state index in [2.05, 4.69) is 10.3 Å². The summed E-state index contributed by atoms with van der Waals surface area (Å²) in [4.78, 5) is 15.7. The first kappa shape index (κ1) is 11.0. The molecule has 1 amide bonds.